The summed E-state index contributed by atoms with van der Waals surface area (Å²) >= 11 is 5.61. The molecule has 1 atom stereocenters. The number of benzene rings is 2. The molecule has 2 aliphatic heterocycles. The van der Waals surface area contributed by atoms with E-state index in [0.717, 1.165) is 42.1 Å². The minimum absolute atomic E-state index is 0.0667. The van der Waals surface area contributed by atoms with E-state index >= 15 is 0 Å². The Balaban J connectivity index is 1.49. The Bertz CT molecular complexity index is 957. The molecule has 152 valence electrons. The van der Waals surface area contributed by atoms with Gasteiger partial charge >= 0.3 is 0 Å². The molecule has 2 aromatic rings. The number of fused-ring (bicyclic) bond motifs is 1. The number of carbonyl (C=O) groups is 1. The largest absolute Gasteiger partial charge is 0.487 e. The predicted octanol–water partition coefficient (Wildman–Crippen LogP) is 4.71. The smallest absolute Gasteiger partial charge is 0.227 e. The molecule has 0 bridgehead atoms. The molecular weight excluding hydrogens is 382 g/mol. The lowest BCUT2D eigenvalue weighted by Crippen LogP contribution is -2.42. The first-order chi connectivity index (χ1) is 13.8. The molecule has 0 aliphatic carbocycles. The van der Waals surface area contributed by atoms with Gasteiger partial charge in [-0.25, -0.2) is 0 Å². The molecule has 0 spiro atoms. The second-order valence-corrected chi connectivity index (χ2v) is 8.87. The lowest BCUT2D eigenvalue weighted by molar-refractivity contribution is -0.117. The molecule has 0 saturated carbocycles. The zero-order valence-electron chi connectivity index (χ0n) is 17.1. The van der Waals surface area contributed by atoms with Crippen molar-refractivity contribution in [3.05, 3.63) is 53.6 Å². The van der Waals surface area contributed by atoms with E-state index < -0.39 is 0 Å². The molecule has 1 fully saturated rings. The number of amides is 1. The summed E-state index contributed by atoms with van der Waals surface area (Å²) in [7, 11) is 0. The van der Waals surface area contributed by atoms with E-state index in [2.05, 4.69) is 43.5 Å². The van der Waals surface area contributed by atoms with Crippen molar-refractivity contribution in [2.75, 3.05) is 16.8 Å². The third-order valence-corrected chi connectivity index (χ3v) is 5.64. The Morgan fingerprint density at radius 1 is 1.24 bits per heavy atom. The van der Waals surface area contributed by atoms with E-state index in [4.69, 9.17) is 17.0 Å². The third-order valence-electron chi connectivity index (χ3n) is 5.42. The van der Waals surface area contributed by atoms with Crippen LogP contribution in [-0.4, -0.2) is 23.2 Å². The van der Waals surface area contributed by atoms with Gasteiger partial charge in [-0.3, -0.25) is 4.79 Å². The summed E-state index contributed by atoms with van der Waals surface area (Å²) in [6, 6.07) is 14.2. The average Bonchev–Trinajstić information content (AvgIpc) is 3.08. The van der Waals surface area contributed by atoms with Crippen LogP contribution in [0.1, 0.15) is 50.3 Å². The Labute approximate surface area is 177 Å². The summed E-state index contributed by atoms with van der Waals surface area (Å²) in [4.78, 5) is 13.9. The summed E-state index contributed by atoms with van der Waals surface area (Å²) < 4.78 is 6.15. The van der Waals surface area contributed by atoms with Gasteiger partial charge in [-0.15, -0.1) is 0 Å². The number of aryl methyl sites for hydroxylation is 1. The summed E-state index contributed by atoms with van der Waals surface area (Å²) in [6.45, 7) is 7.05. The molecule has 2 aliphatic rings. The van der Waals surface area contributed by atoms with Gasteiger partial charge in [0.2, 0.25) is 5.91 Å². The fraction of sp³-hybridized carbons (Fsp3) is 0.391. The van der Waals surface area contributed by atoms with E-state index in [1.165, 1.54) is 5.56 Å². The van der Waals surface area contributed by atoms with Gasteiger partial charge in [-0.2, -0.15) is 0 Å². The molecule has 5 nitrogen and oxygen atoms in total. The molecule has 2 aromatic carbocycles. The fourth-order valence-electron chi connectivity index (χ4n) is 4.10. The van der Waals surface area contributed by atoms with Crippen molar-refractivity contribution < 1.29 is 9.53 Å². The number of hydrogen-bond acceptors (Lipinski definition) is 3. The number of anilines is 2. The van der Waals surface area contributed by atoms with Crippen molar-refractivity contribution in [3.63, 3.8) is 0 Å². The highest BCUT2D eigenvalue weighted by molar-refractivity contribution is 7.80. The quantitative estimate of drug-likeness (QED) is 0.719. The second-order valence-electron chi connectivity index (χ2n) is 8.46. The van der Waals surface area contributed by atoms with E-state index in [0.29, 0.717) is 11.5 Å². The number of hydrogen-bond donors (Lipinski definition) is 2. The van der Waals surface area contributed by atoms with Crippen LogP contribution in [0.2, 0.25) is 0 Å². The van der Waals surface area contributed by atoms with Crippen molar-refractivity contribution in [1.82, 2.24) is 5.32 Å². The van der Waals surface area contributed by atoms with Crippen LogP contribution in [0.25, 0.3) is 0 Å². The van der Waals surface area contributed by atoms with Crippen molar-refractivity contribution >= 4 is 34.6 Å². The van der Waals surface area contributed by atoms with Crippen LogP contribution in [0.3, 0.4) is 0 Å². The van der Waals surface area contributed by atoms with Crippen LogP contribution < -0.4 is 20.3 Å². The van der Waals surface area contributed by atoms with E-state index in [9.17, 15) is 4.79 Å². The first-order valence-corrected chi connectivity index (χ1v) is 10.5. The topological polar surface area (TPSA) is 53.6 Å². The maximum absolute atomic E-state index is 12.0. The van der Waals surface area contributed by atoms with Gasteiger partial charge in [0.15, 0.2) is 5.11 Å². The number of carbonyl (C=O) groups excluding carboxylic acids is 1. The molecule has 2 N–H and O–H groups in total. The minimum Gasteiger partial charge on any atom is -0.487 e. The monoisotopic (exact) mass is 409 g/mol. The third kappa shape index (κ3) is 4.37. The molecule has 0 aromatic heterocycles. The van der Waals surface area contributed by atoms with Crippen molar-refractivity contribution in [1.29, 1.82) is 0 Å². The Kier molecular flexibility index (Phi) is 5.21. The normalized spacial score (nSPS) is 20.0. The first kappa shape index (κ1) is 19.7. The van der Waals surface area contributed by atoms with Crippen LogP contribution in [-0.2, 0) is 4.79 Å². The van der Waals surface area contributed by atoms with Gasteiger partial charge < -0.3 is 20.3 Å². The van der Waals surface area contributed by atoms with Crippen LogP contribution >= 0.6 is 12.2 Å². The first-order valence-electron chi connectivity index (χ1n) is 10.1. The van der Waals surface area contributed by atoms with Crippen molar-refractivity contribution in [3.8, 4) is 5.75 Å². The SMILES string of the molecule is Cc1ccc2c(c1)[C@H](NC(=S)Nc1cccc(N3CCCC3=O)c1)CC(C)(C)O2. The van der Waals surface area contributed by atoms with Gasteiger partial charge in [0.1, 0.15) is 11.4 Å². The number of thiocarbonyl (C=S) groups is 1. The van der Waals surface area contributed by atoms with Gasteiger partial charge in [0.25, 0.3) is 0 Å². The summed E-state index contributed by atoms with van der Waals surface area (Å²) in [5, 5.41) is 7.31. The minimum atomic E-state index is -0.272. The van der Waals surface area contributed by atoms with E-state index in [1.54, 1.807) is 0 Å². The zero-order chi connectivity index (χ0) is 20.6. The highest BCUT2D eigenvalue weighted by Gasteiger charge is 2.34. The molecule has 6 heteroatoms. The molecule has 0 unspecified atom stereocenters. The number of rotatable bonds is 3. The summed E-state index contributed by atoms with van der Waals surface area (Å²) in [5.74, 6) is 1.08. The van der Waals surface area contributed by atoms with Crippen LogP contribution in [0, 0.1) is 6.92 Å². The van der Waals surface area contributed by atoms with Crippen LogP contribution in [0.4, 0.5) is 11.4 Å². The summed E-state index contributed by atoms with van der Waals surface area (Å²) in [6.07, 6.45) is 2.35. The number of ether oxygens (including phenoxy) is 1. The van der Waals surface area contributed by atoms with Crippen LogP contribution in [0.5, 0.6) is 5.75 Å². The lowest BCUT2D eigenvalue weighted by atomic mass is 9.89. The molecule has 4 rings (SSSR count). The zero-order valence-corrected chi connectivity index (χ0v) is 17.9. The summed E-state index contributed by atoms with van der Waals surface area (Å²) in [5.41, 5.74) is 3.83. The highest BCUT2D eigenvalue weighted by Crippen LogP contribution is 2.40. The second kappa shape index (κ2) is 7.67. The molecule has 1 amide bonds. The standard InChI is InChI=1S/C23H27N3O2S/c1-15-9-10-20-18(12-15)19(14-23(2,3)28-20)25-22(29)24-16-6-4-7-17(13-16)26-11-5-8-21(26)27/h4,6-7,9-10,12-13,19H,5,8,11,14H2,1-3H3,(H2,24,25,29)/t19-/m1/s1. The molecule has 1 saturated heterocycles. The maximum Gasteiger partial charge on any atom is 0.227 e. The Morgan fingerprint density at radius 2 is 2.07 bits per heavy atom. The van der Waals surface area contributed by atoms with Gasteiger partial charge in [0.05, 0.1) is 6.04 Å². The van der Waals surface area contributed by atoms with Crippen molar-refractivity contribution in [2.45, 2.75) is 51.7 Å². The van der Waals surface area contributed by atoms with Gasteiger partial charge in [0, 0.05) is 36.3 Å². The molecule has 2 heterocycles. The molecule has 29 heavy (non-hydrogen) atoms. The molecule has 0 radical (unpaired) electrons. The lowest BCUT2D eigenvalue weighted by Gasteiger charge is -2.38. The van der Waals surface area contributed by atoms with Crippen LogP contribution in [0.15, 0.2) is 42.5 Å². The van der Waals surface area contributed by atoms with Crippen molar-refractivity contribution in [2.24, 2.45) is 0 Å². The molecular formula is C23H27N3O2S. The maximum atomic E-state index is 12.0. The average molecular weight is 410 g/mol. The number of nitrogens with one attached hydrogen (secondary N) is 2. The van der Waals surface area contributed by atoms with E-state index in [1.807, 2.05) is 35.2 Å². The highest BCUT2D eigenvalue weighted by atomic mass is 32.1. The van der Waals surface area contributed by atoms with Gasteiger partial charge in [-0.05, 0) is 63.7 Å². The Morgan fingerprint density at radius 3 is 2.83 bits per heavy atom. The predicted molar refractivity (Wildman–Crippen MR) is 121 cm³/mol. The number of nitrogens with zero attached hydrogens (tertiary/aromatic N) is 1. The Hall–Kier alpha value is -2.60. The van der Waals surface area contributed by atoms with E-state index in [-0.39, 0.29) is 17.6 Å². The van der Waals surface area contributed by atoms with Gasteiger partial charge in [-0.1, -0.05) is 23.8 Å². The fourth-order valence-corrected chi connectivity index (χ4v) is 4.36.